The number of H-pyrrole nitrogens is 1. The number of nitrogens with zero attached hydrogens (tertiary/aromatic N) is 3. The summed E-state index contributed by atoms with van der Waals surface area (Å²) >= 11 is 0. The Morgan fingerprint density at radius 2 is 2.24 bits per heavy atom. The van der Waals surface area contributed by atoms with E-state index in [0.717, 1.165) is 42.1 Å². The minimum Gasteiger partial charge on any atom is -0.345 e. The minimum absolute atomic E-state index is 0.125. The third-order valence-electron chi connectivity index (χ3n) is 3.89. The van der Waals surface area contributed by atoms with Crippen molar-refractivity contribution in [1.82, 2.24) is 19.5 Å². The molecule has 6 nitrogen and oxygen atoms in total. The molecule has 1 amide bonds. The topological polar surface area (TPSA) is 75.6 Å². The van der Waals surface area contributed by atoms with Gasteiger partial charge in [0.05, 0.1) is 23.6 Å². The number of aromatic amines is 1. The lowest BCUT2D eigenvalue weighted by Gasteiger charge is -2.16. The number of hydrogen-bond donors (Lipinski definition) is 2. The third kappa shape index (κ3) is 2.08. The molecule has 3 aromatic rings. The molecule has 0 saturated heterocycles. The van der Waals surface area contributed by atoms with E-state index >= 15 is 0 Å². The van der Waals surface area contributed by atoms with Gasteiger partial charge in [0.2, 0.25) is 0 Å². The number of aromatic nitrogens is 4. The Bertz CT molecular complexity index is 816. The summed E-state index contributed by atoms with van der Waals surface area (Å²) in [4.78, 5) is 23.9. The second kappa shape index (κ2) is 4.73. The van der Waals surface area contributed by atoms with E-state index in [2.05, 4.69) is 24.8 Å². The number of fused-ring (bicyclic) bond motifs is 2. The maximum atomic E-state index is 12.4. The molecule has 4 rings (SSSR count). The van der Waals surface area contributed by atoms with Gasteiger partial charge in [-0.15, -0.1) is 0 Å². The first-order chi connectivity index (χ1) is 10.3. The summed E-state index contributed by atoms with van der Waals surface area (Å²) in [5.74, 6) is 1.71. The number of rotatable bonds is 2. The molecule has 6 heteroatoms. The van der Waals surface area contributed by atoms with E-state index < -0.39 is 0 Å². The van der Waals surface area contributed by atoms with Crippen molar-refractivity contribution in [2.24, 2.45) is 0 Å². The lowest BCUT2D eigenvalue weighted by atomic mass is 10.1. The van der Waals surface area contributed by atoms with Gasteiger partial charge in [0.25, 0.3) is 5.91 Å². The van der Waals surface area contributed by atoms with Gasteiger partial charge in [0.1, 0.15) is 11.6 Å². The molecule has 0 unspecified atom stereocenters. The molecule has 0 atom stereocenters. The average molecular weight is 281 g/mol. The number of anilines is 1. The van der Waals surface area contributed by atoms with E-state index in [1.165, 1.54) is 6.42 Å². The third-order valence-corrected chi connectivity index (χ3v) is 3.89. The van der Waals surface area contributed by atoms with Crippen molar-refractivity contribution in [2.75, 3.05) is 5.32 Å². The predicted molar refractivity (Wildman–Crippen MR) is 79.2 cm³/mol. The molecule has 2 aromatic heterocycles. The zero-order chi connectivity index (χ0) is 14.2. The van der Waals surface area contributed by atoms with Crippen LogP contribution in [0.4, 0.5) is 5.82 Å². The molecule has 3 heterocycles. The number of carbonyl (C=O) groups excluding carboxylic acids is 1. The van der Waals surface area contributed by atoms with Gasteiger partial charge in [-0.05, 0) is 31.0 Å². The summed E-state index contributed by atoms with van der Waals surface area (Å²) < 4.78 is 2.09. The molecular weight excluding hydrogens is 266 g/mol. The largest absolute Gasteiger partial charge is 0.345 e. The Labute approximate surface area is 121 Å². The average Bonchev–Trinajstić information content (AvgIpc) is 3.13. The highest BCUT2D eigenvalue weighted by Gasteiger charge is 2.16. The smallest absolute Gasteiger partial charge is 0.256 e. The fraction of sp³-hybridized carbons (Fsp3) is 0.267. The Morgan fingerprint density at radius 1 is 1.29 bits per heavy atom. The van der Waals surface area contributed by atoms with E-state index in [9.17, 15) is 4.79 Å². The minimum atomic E-state index is -0.125. The van der Waals surface area contributed by atoms with Crippen LogP contribution in [0, 0.1) is 0 Å². The number of amides is 1. The molecular formula is C15H15N5O. The molecule has 0 spiro atoms. The molecule has 106 valence electrons. The lowest BCUT2D eigenvalue weighted by Crippen LogP contribution is -2.18. The Hall–Kier alpha value is -2.63. The van der Waals surface area contributed by atoms with Crippen LogP contribution >= 0.6 is 0 Å². The van der Waals surface area contributed by atoms with Crippen LogP contribution in [0.25, 0.3) is 11.0 Å². The quantitative estimate of drug-likeness (QED) is 0.757. The van der Waals surface area contributed by atoms with Crippen LogP contribution < -0.4 is 5.32 Å². The van der Waals surface area contributed by atoms with Crippen molar-refractivity contribution in [3.63, 3.8) is 0 Å². The number of hydrogen-bond acceptors (Lipinski definition) is 3. The molecule has 0 radical (unpaired) electrons. The summed E-state index contributed by atoms with van der Waals surface area (Å²) in [5.41, 5.74) is 2.32. The van der Waals surface area contributed by atoms with Crippen molar-refractivity contribution in [2.45, 2.75) is 25.8 Å². The van der Waals surface area contributed by atoms with Crippen LogP contribution in [0.15, 0.2) is 30.7 Å². The van der Waals surface area contributed by atoms with Gasteiger partial charge >= 0.3 is 0 Å². The molecule has 0 bridgehead atoms. The Morgan fingerprint density at radius 3 is 3.19 bits per heavy atom. The van der Waals surface area contributed by atoms with Crippen LogP contribution in [-0.4, -0.2) is 25.4 Å². The lowest BCUT2D eigenvalue weighted by molar-refractivity contribution is 0.102. The summed E-state index contributed by atoms with van der Waals surface area (Å²) in [6.45, 7) is 0.921. The molecule has 1 aromatic carbocycles. The van der Waals surface area contributed by atoms with Crippen molar-refractivity contribution in [3.8, 4) is 0 Å². The number of benzene rings is 1. The number of nitrogens with one attached hydrogen (secondary N) is 2. The van der Waals surface area contributed by atoms with Gasteiger partial charge < -0.3 is 14.9 Å². The summed E-state index contributed by atoms with van der Waals surface area (Å²) in [6, 6.07) is 5.43. The highest BCUT2D eigenvalue weighted by atomic mass is 16.1. The predicted octanol–water partition coefficient (Wildman–Crippen LogP) is 2.35. The molecule has 1 aliphatic rings. The van der Waals surface area contributed by atoms with E-state index in [1.807, 2.05) is 12.1 Å². The molecule has 0 aliphatic carbocycles. The van der Waals surface area contributed by atoms with E-state index in [-0.39, 0.29) is 5.91 Å². The van der Waals surface area contributed by atoms with Crippen molar-refractivity contribution in [3.05, 3.63) is 42.1 Å². The Kier molecular flexibility index (Phi) is 2.73. The Balaban J connectivity index is 1.61. The summed E-state index contributed by atoms with van der Waals surface area (Å²) in [7, 11) is 0. The van der Waals surface area contributed by atoms with Gasteiger partial charge in [-0.25, -0.2) is 9.97 Å². The highest BCUT2D eigenvalue weighted by molar-refractivity contribution is 6.05. The highest BCUT2D eigenvalue weighted by Crippen LogP contribution is 2.20. The standard InChI is InChI=1S/C15H15N5O/c21-15(10-4-5-11-12(7-10)18-9-17-11)19-14-8-16-13-3-1-2-6-20(13)14/h4-5,7-9H,1-3,6H2,(H,17,18)(H,19,21). The van der Waals surface area contributed by atoms with Crippen LogP contribution in [0.1, 0.15) is 29.0 Å². The number of aryl methyl sites for hydroxylation is 1. The zero-order valence-electron chi connectivity index (χ0n) is 11.5. The zero-order valence-corrected chi connectivity index (χ0v) is 11.5. The fourth-order valence-corrected chi connectivity index (χ4v) is 2.78. The van der Waals surface area contributed by atoms with Crippen LogP contribution in [-0.2, 0) is 13.0 Å². The summed E-state index contributed by atoms with van der Waals surface area (Å²) in [6.07, 6.45) is 6.65. The molecule has 0 saturated carbocycles. The van der Waals surface area contributed by atoms with Crippen molar-refractivity contribution in [1.29, 1.82) is 0 Å². The second-order valence-corrected chi connectivity index (χ2v) is 5.26. The SMILES string of the molecule is O=C(Nc1cnc2n1CCCC2)c1ccc2nc[nH]c2c1. The van der Waals surface area contributed by atoms with Crippen molar-refractivity contribution >= 4 is 22.8 Å². The van der Waals surface area contributed by atoms with E-state index in [4.69, 9.17) is 0 Å². The fourth-order valence-electron chi connectivity index (χ4n) is 2.78. The normalized spacial score (nSPS) is 14.1. The van der Waals surface area contributed by atoms with Gasteiger partial charge in [-0.3, -0.25) is 4.79 Å². The van der Waals surface area contributed by atoms with E-state index in [1.54, 1.807) is 18.6 Å². The molecule has 0 fully saturated rings. The van der Waals surface area contributed by atoms with Gasteiger partial charge in [-0.2, -0.15) is 0 Å². The van der Waals surface area contributed by atoms with Crippen LogP contribution in [0.2, 0.25) is 0 Å². The van der Waals surface area contributed by atoms with Gasteiger partial charge in [0.15, 0.2) is 0 Å². The van der Waals surface area contributed by atoms with Gasteiger partial charge in [0, 0.05) is 18.5 Å². The number of carbonyl (C=O) groups is 1. The molecule has 1 aliphatic heterocycles. The van der Waals surface area contributed by atoms with Crippen LogP contribution in [0.5, 0.6) is 0 Å². The maximum absolute atomic E-state index is 12.4. The molecule has 21 heavy (non-hydrogen) atoms. The first-order valence-electron chi connectivity index (χ1n) is 7.10. The second-order valence-electron chi connectivity index (χ2n) is 5.26. The van der Waals surface area contributed by atoms with Crippen molar-refractivity contribution < 1.29 is 4.79 Å². The van der Waals surface area contributed by atoms with Gasteiger partial charge in [-0.1, -0.05) is 0 Å². The maximum Gasteiger partial charge on any atom is 0.256 e. The number of imidazole rings is 2. The monoisotopic (exact) mass is 281 g/mol. The van der Waals surface area contributed by atoms with E-state index in [0.29, 0.717) is 5.56 Å². The molecule has 2 N–H and O–H groups in total. The first kappa shape index (κ1) is 12.1. The van der Waals surface area contributed by atoms with Crippen LogP contribution in [0.3, 0.4) is 0 Å². The summed E-state index contributed by atoms with van der Waals surface area (Å²) in [5, 5.41) is 2.95. The first-order valence-corrected chi connectivity index (χ1v) is 7.10.